The van der Waals surface area contributed by atoms with Crippen molar-refractivity contribution in [1.29, 1.82) is 0 Å². The average Bonchev–Trinajstić information content (AvgIpc) is 2.11. The first-order valence-corrected chi connectivity index (χ1v) is 5.00. The molecule has 82 valence electrons. The highest BCUT2D eigenvalue weighted by molar-refractivity contribution is 5.24. The highest BCUT2D eigenvalue weighted by atomic mass is 19.2. The summed E-state index contributed by atoms with van der Waals surface area (Å²) in [4.78, 5) is 0. The van der Waals surface area contributed by atoms with Gasteiger partial charge in [0.25, 0.3) is 0 Å². The normalized spacial score (nSPS) is 18.7. The van der Waals surface area contributed by atoms with Crippen molar-refractivity contribution in [3.8, 4) is 0 Å². The molecule has 4 heteroatoms. The van der Waals surface area contributed by atoms with E-state index >= 15 is 0 Å². The van der Waals surface area contributed by atoms with E-state index in [-0.39, 0.29) is 11.5 Å². The Morgan fingerprint density at radius 1 is 1.13 bits per heavy atom. The summed E-state index contributed by atoms with van der Waals surface area (Å²) < 4.78 is 38.9. The van der Waals surface area contributed by atoms with Crippen molar-refractivity contribution >= 4 is 0 Å². The third-order valence-electron chi connectivity index (χ3n) is 3.08. The monoisotopic (exact) mass is 215 g/mol. The van der Waals surface area contributed by atoms with Crippen molar-refractivity contribution in [3.63, 3.8) is 0 Å². The number of hydrogen-bond donors (Lipinski definition) is 1. The molecule has 0 amide bonds. The molecule has 15 heavy (non-hydrogen) atoms. The molecule has 0 spiro atoms. The lowest BCUT2D eigenvalue weighted by atomic mass is 9.77. The van der Waals surface area contributed by atoms with Gasteiger partial charge in [0.15, 0.2) is 17.5 Å². The third-order valence-corrected chi connectivity index (χ3v) is 3.08. The second-order valence-electron chi connectivity index (χ2n) is 3.98. The summed E-state index contributed by atoms with van der Waals surface area (Å²) in [6.07, 6.45) is 2.93. The zero-order chi connectivity index (χ0) is 11.0. The van der Waals surface area contributed by atoms with Gasteiger partial charge < -0.3 is 5.73 Å². The van der Waals surface area contributed by atoms with Crippen LogP contribution in [0.1, 0.15) is 30.9 Å². The molecule has 1 aliphatic rings. The molecule has 1 aromatic carbocycles. The van der Waals surface area contributed by atoms with Crippen LogP contribution in [0.25, 0.3) is 0 Å². The lowest BCUT2D eigenvalue weighted by Crippen LogP contribution is -2.28. The van der Waals surface area contributed by atoms with Crippen LogP contribution in [-0.2, 0) is 0 Å². The van der Waals surface area contributed by atoms with Crippen LogP contribution in [0.4, 0.5) is 13.2 Å². The van der Waals surface area contributed by atoms with E-state index < -0.39 is 23.5 Å². The molecule has 0 unspecified atom stereocenters. The number of hydrogen-bond acceptors (Lipinski definition) is 1. The van der Waals surface area contributed by atoms with E-state index in [1.807, 2.05) is 0 Å². The molecular weight excluding hydrogens is 203 g/mol. The van der Waals surface area contributed by atoms with Crippen molar-refractivity contribution < 1.29 is 13.2 Å². The van der Waals surface area contributed by atoms with Crippen LogP contribution < -0.4 is 5.73 Å². The fourth-order valence-electron chi connectivity index (χ4n) is 1.85. The summed E-state index contributed by atoms with van der Waals surface area (Å²) in [7, 11) is 0. The second kappa shape index (κ2) is 3.85. The summed E-state index contributed by atoms with van der Waals surface area (Å²) in [5.41, 5.74) is 5.87. The van der Waals surface area contributed by atoms with Crippen LogP contribution in [-0.4, -0.2) is 0 Å². The first-order chi connectivity index (χ1) is 7.11. The Morgan fingerprint density at radius 3 is 2.33 bits per heavy atom. The van der Waals surface area contributed by atoms with E-state index in [0.29, 0.717) is 0 Å². The van der Waals surface area contributed by atoms with Gasteiger partial charge >= 0.3 is 0 Å². The molecule has 1 nitrogen and oxygen atoms in total. The van der Waals surface area contributed by atoms with Gasteiger partial charge in [0, 0.05) is 11.6 Å². The van der Waals surface area contributed by atoms with Gasteiger partial charge in [-0.15, -0.1) is 0 Å². The molecule has 1 saturated carbocycles. The largest absolute Gasteiger partial charge is 0.324 e. The summed E-state index contributed by atoms with van der Waals surface area (Å²) in [6.45, 7) is 0. The van der Waals surface area contributed by atoms with Crippen LogP contribution >= 0.6 is 0 Å². The quantitative estimate of drug-likeness (QED) is 0.754. The maximum absolute atomic E-state index is 13.3. The van der Waals surface area contributed by atoms with E-state index in [9.17, 15) is 13.2 Å². The SMILES string of the molecule is N[C@H](c1ccc(F)c(F)c1F)C1CCC1. The van der Waals surface area contributed by atoms with Crippen LogP contribution in [0.5, 0.6) is 0 Å². The minimum absolute atomic E-state index is 0.0820. The average molecular weight is 215 g/mol. The van der Waals surface area contributed by atoms with Gasteiger partial charge in [-0.2, -0.15) is 0 Å². The molecule has 1 atom stereocenters. The Bertz CT molecular complexity index is 374. The van der Waals surface area contributed by atoms with Crippen molar-refractivity contribution in [2.75, 3.05) is 0 Å². The fraction of sp³-hybridized carbons (Fsp3) is 0.455. The smallest absolute Gasteiger partial charge is 0.194 e. The number of halogens is 3. The van der Waals surface area contributed by atoms with E-state index in [4.69, 9.17) is 5.73 Å². The molecule has 0 bridgehead atoms. The van der Waals surface area contributed by atoms with Gasteiger partial charge in [-0.1, -0.05) is 12.5 Å². The first kappa shape index (κ1) is 10.5. The Morgan fingerprint density at radius 2 is 1.80 bits per heavy atom. The summed E-state index contributed by atoms with van der Waals surface area (Å²) in [6, 6.07) is 1.64. The van der Waals surface area contributed by atoms with Crippen molar-refractivity contribution in [2.24, 2.45) is 11.7 Å². The molecular formula is C11H12F3N. The second-order valence-corrected chi connectivity index (χ2v) is 3.98. The van der Waals surface area contributed by atoms with Gasteiger partial charge in [0.1, 0.15) is 0 Å². The number of benzene rings is 1. The third kappa shape index (κ3) is 1.74. The summed E-state index contributed by atoms with van der Waals surface area (Å²) >= 11 is 0. The van der Waals surface area contributed by atoms with E-state index in [0.717, 1.165) is 25.3 Å². The predicted octanol–water partition coefficient (Wildman–Crippen LogP) is 2.90. The van der Waals surface area contributed by atoms with Gasteiger partial charge in [-0.25, -0.2) is 13.2 Å². The molecule has 0 saturated heterocycles. The van der Waals surface area contributed by atoms with Crippen LogP contribution in [0.3, 0.4) is 0 Å². The van der Waals surface area contributed by atoms with E-state index in [1.54, 1.807) is 0 Å². The van der Waals surface area contributed by atoms with Crippen LogP contribution in [0, 0.1) is 23.4 Å². The molecule has 0 aliphatic heterocycles. The lowest BCUT2D eigenvalue weighted by Gasteiger charge is -2.31. The Balaban J connectivity index is 2.31. The van der Waals surface area contributed by atoms with Gasteiger partial charge in [0.05, 0.1) is 0 Å². The molecule has 2 N–H and O–H groups in total. The molecule has 0 radical (unpaired) electrons. The predicted molar refractivity (Wildman–Crippen MR) is 50.6 cm³/mol. The first-order valence-electron chi connectivity index (χ1n) is 5.00. The van der Waals surface area contributed by atoms with E-state index in [2.05, 4.69) is 0 Å². The van der Waals surface area contributed by atoms with Crippen LogP contribution in [0.2, 0.25) is 0 Å². The molecule has 0 aromatic heterocycles. The molecule has 0 heterocycles. The number of nitrogens with two attached hydrogens (primary N) is 1. The molecule has 1 aromatic rings. The van der Waals surface area contributed by atoms with E-state index in [1.165, 1.54) is 6.07 Å². The topological polar surface area (TPSA) is 26.0 Å². The zero-order valence-electron chi connectivity index (χ0n) is 8.14. The highest BCUT2D eigenvalue weighted by Crippen LogP contribution is 2.37. The minimum atomic E-state index is -1.43. The minimum Gasteiger partial charge on any atom is -0.324 e. The van der Waals surface area contributed by atoms with Gasteiger partial charge in [0.2, 0.25) is 0 Å². The zero-order valence-corrected chi connectivity index (χ0v) is 8.14. The molecule has 1 fully saturated rings. The summed E-state index contributed by atoms with van der Waals surface area (Å²) in [5.74, 6) is -3.54. The van der Waals surface area contributed by atoms with Crippen molar-refractivity contribution in [1.82, 2.24) is 0 Å². The fourth-order valence-corrected chi connectivity index (χ4v) is 1.85. The Hall–Kier alpha value is -1.03. The Labute approximate surface area is 86.1 Å². The maximum Gasteiger partial charge on any atom is 0.194 e. The summed E-state index contributed by atoms with van der Waals surface area (Å²) in [5, 5.41) is 0. The lowest BCUT2D eigenvalue weighted by molar-refractivity contribution is 0.258. The maximum atomic E-state index is 13.3. The van der Waals surface area contributed by atoms with Gasteiger partial charge in [-0.05, 0) is 24.8 Å². The molecule has 2 rings (SSSR count). The van der Waals surface area contributed by atoms with Gasteiger partial charge in [-0.3, -0.25) is 0 Å². The highest BCUT2D eigenvalue weighted by Gasteiger charge is 2.28. The number of rotatable bonds is 2. The van der Waals surface area contributed by atoms with Crippen molar-refractivity contribution in [3.05, 3.63) is 35.1 Å². The standard InChI is InChI=1S/C11H12F3N/c12-8-5-4-7(9(13)10(8)14)11(15)6-2-1-3-6/h4-6,11H,1-3,15H2/t11-/m0/s1. The molecule has 1 aliphatic carbocycles. The Kier molecular flexibility index (Phi) is 2.69. The van der Waals surface area contributed by atoms with Crippen LogP contribution in [0.15, 0.2) is 12.1 Å². The van der Waals surface area contributed by atoms with Crippen molar-refractivity contribution in [2.45, 2.75) is 25.3 Å².